The molecule has 0 bridgehead atoms. The van der Waals surface area contributed by atoms with Gasteiger partial charge in [-0.3, -0.25) is 29.3 Å². The first-order valence-electron chi connectivity index (χ1n) is 23.7. The molecular formula is C50H64N10O6. The first kappa shape index (κ1) is 46.5. The van der Waals surface area contributed by atoms with Gasteiger partial charge in [-0.2, -0.15) is 4.98 Å². The summed E-state index contributed by atoms with van der Waals surface area (Å²) in [5.74, 6) is 7.58. The van der Waals surface area contributed by atoms with Crippen molar-refractivity contribution in [2.24, 2.45) is 5.41 Å². The van der Waals surface area contributed by atoms with Gasteiger partial charge in [-0.05, 0) is 126 Å². The van der Waals surface area contributed by atoms with Crippen LogP contribution in [-0.4, -0.2) is 133 Å². The van der Waals surface area contributed by atoms with Crippen molar-refractivity contribution in [2.75, 3.05) is 69.0 Å². The third-order valence-corrected chi connectivity index (χ3v) is 14.5. The predicted molar refractivity (Wildman–Crippen MR) is 253 cm³/mol. The highest BCUT2D eigenvalue weighted by Crippen LogP contribution is 2.57. The van der Waals surface area contributed by atoms with Crippen LogP contribution in [0.2, 0.25) is 0 Å². The monoisotopic (exact) mass is 901 g/mol. The van der Waals surface area contributed by atoms with Gasteiger partial charge in [0.05, 0.1) is 19.0 Å². The molecule has 4 atom stereocenters. The zero-order valence-electron chi connectivity index (χ0n) is 39.0. The molecule has 0 spiro atoms. The van der Waals surface area contributed by atoms with E-state index in [0.717, 1.165) is 107 Å². The van der Waals surface area contributed by atoms with Crippen LogP contribution in [0.15, 0.2) is 42.6 Å². The summed E-state index contributed by atoms with van der Waals surface area (Å²) in [7, 11) is 5.53. The summed E-state index contributed by atoms with van der Waals surface area (Å²) in [5.41, 5.74) is 4.24. The van der Waals surface area contributed by atoms with Gasteiger partial charge in [0, 0.05) is 61.9 Å². The number of hydrogen-bond acceptors (Lipinski definition) is 12. The number of nitrogens with one attached hydrogen (secondary N) is 3. The molecule has 350 valence electrons. The van der Waals surface area contributed by atoms with Crippen LogP contribution in [-0.2, 0) is 20.9 Å². The van der Waals surface area contributed by atoms with Crippen LogP contribution in [0.5, 0.6) is 5.75 Å². The Bertz CT molecular complexity index is 2390. The van der Waals surface area contributed by atoms with Crippen LogP contribution in [0.25, 0.3) is 0 Å². The Morgan fingerprint density at radius 2 is 1.89 bits per heavy atom. The van der Waals surface area contributed by atoms with Gasteiger partial charge in [-0.1, -0.05) is 38.2 Å². The second-order valence-corrected chi connectivity index (χ2v) is 18.9. The van der Waals surface area contributed by atoms with E-state index in [-0.39, 0.29) is 35.2 Å². The summed E-state index contributed by atoms with van der Waals surface area (Å²) in [6.07, 6.45) is 12.0. The molecular weight excluding hydrogens is 837 g/mol. The number of nitrogens with zero attached hydrogens (tertiary/aromatic N) is 7. The summed E-state index contributed by atoms with van der Waals surface area (Å²) in [6.45, 7) is 9.41. The minimum Gasteiger partial charge on any atom is -0.495 e. The van der Waals surface area contributed by atoms with Gasteiger partial charge < -0.3 is 39.9 Å². The molecule has 2 aromatic carbocycles. The van der Waals surface area contributed by atoms with Crippen molar-refractivity contribution in [3.8, 4) is 17.6 Å². The molecule has 5 amide bonds. The fourth-order valence-corrected chi connectivity index (χ4v) is 10.6. The van der Waals surface area contributed by atoms with E-state index in [1.165, 1.54) is 0 Å². The fraction of sp³-hybridized carbons (Fsp3) is 0.540. The number of likely N-dealkylation sites (N-methyl/N-ethyl adjacent to an activating group) is 1. The quantitative estimate of drug-likeness (QED) is 0.0880. The molecule has 3 aromatic rings. The number of carbonyl (C=O) groups is 5. The predicted octanol–water partition coefficient (Wildman–Crippen LogP) is 5.09. The van der Waals surface area contributed by atoms with Gasteiger partial charge in [0.25, 0.3) is 11.8 Å². The number of likely N-dealkylation sites (tertiary alicyclic amines) is 1. The highest BCUT2D eigenvalue weighted by molar-refractivity contribution is 6.05. The van der Waals surface area contributed by atoms with Crippen LogP contribution in [0.3, 0.4) is 0 Å². The zero-order chi connectivity index (χ0) is 46.5. The van der Waals surface area contributed by atoms with E-state index in [0.29, 0.717) is 66.0 Å². The molecule has 4 unspecified atom stereocenters. The van der Waals surface area contributed by atoms with Gasteiger partial charge in [0.15, 0.2) is 5.82 Å². The summed E-state index contributed by atoms with van der Waals surface area (Å²) in [4.78, 5) is 83.2. The van der Waals surface area contributed by atoms with Crippen molar-refractivity contribution in [3.05, 3.63) is 64.8 Å². The number of benzene rings is 2. The second kappa shape index (κ2) is 20.2. The Labute approximate surface area is 388 Å². The summed E-state index contributed by atoms with van der Waals surface area (Å²) in [5, 5.41) is 8.77. The van der Waals surface area contributed by atoms with Gasteiger partial charge >= 0.3 is 0 Å². The molecule has 1 aromatic heterocycles. The van der Waals surface area contributed by atoms with Gasteiger partial charge in [-0.25, -0.2) is 4.98 Å². The van der Waals surface area contributed by atoms with E-state index in [1.807, 2.05) is 25.1 Å². The van der Waals surface area contributed by atoms with Crippen molar-refractivity contribution in [2.45, 2.75) is 115 Å². The zero-order valence-corrected chi connectivity index (χ0v) is 39.0. The Morgan fingerprint density at radius 1 is 1.09 bits per heavy atom. The number of ether oxygens (including phenoxy) is 1. The van der Waals surface area contributed by atoms with Gasteiger partial charge in [0.2, 0.25) is 24.2 Å². The number of anilines is 4. The molecule has 4 aliphatic heterocycles. The average Bonchev–Trinajstić information content (AvgIpc) is 3.75. The largest absolute Gasteiger partial charge is 0.495 e. The van der Waals surface area contributed by atoms with Gasteiger partial charge in [-0.15, -0.1) is 0 Å². The highest BCUT2D eigenvalue weighted by Gasteiger charge is 2.59. The van der Waals surface area contributed by atoms with Crippen molar-refractivity contribution in [3.63, 3.8) is 0 Å². The summed E-state index contributed by atoms with van der Waals surface area (Å²) >= 11 is 0. The Balaban J connectivity index is 0.733. The maximum absolute atomic E-state index is 13.4. The first-order valence-corrected chi connectivity index (χ1v) is 23.7. The number of imide groups is 1. The molecule has 16 nitrogen and oxygen atoms in total. The van der Waals surface area contributed by atoms with Crippen LogP contribution >= 0.6 is 0 Å². The number of carbonyl (C=O) groups excluding carboxylic acids is 5. The topological polar surface area (TPSA) is 173 Å². The van der Waals surface area contributed by atoms with Crippen LogP contribution < -0.4 is 30.5 Å². The first-order chi connectivity index (χ1) is 31.9. The molecule has 8 rings (SSSR count). The Kier molecular flexibility index (Phi) is 14.2. The number of amides is 5. The fourth-order valence-electron chi connectivity index (χ4n) is 10.6. The smallest absolute Gasteiger partial charge is 0.255 e. The number of rotatable bonds is 18. The number of unbranched alkanes of at least 4 members (excludes halogenated alkanes) is 2. The van der Waals surface area contributed by atoms with E-state index in [4.69, 9.17) is 9.72 Å². The van der Waals surface area contributed by atoms with Crippen LogP contribution in [0, 0.1) is 17.3 Å². The van der Waals surface area contributed by atoms with Gasteiger partial charge in [0.1, 0.15) is 23.5 Å². The number of piperidine rings is 1. The lowest BCUT2D eigenvalue weighted by atomic mass is 9.66. The SMILES string of the molecule is CCCC(C(=O)NC=O)N1Cc2c(C#CCCCN(C)CCCCN3CCC(NC(=O)c4ccc(Nc5ncc6c(n5)N5C(CC7(C)CCC57)C(=O)N6C)c(OC)c4)CC3)cccc2C1=O. The summed E-state index contributed by atoms with van der Waals surface area (Å²) in [6, 6.07) is 10.4. The number of hydrogen-bond donors (Lipinski definition) is 3. The minimum atomic E-state index is -0.698. The number of aromatic nitrogens is 2. The lowest BCUT2D eigenvalue weighted by Crippen LogP contribution is -2.54. The second-order valence-electron chi connectivity index (χ2n) is 18.9. The molecule has 1 aliphatic carbocycles. The molecule has 5 heterocycles. The maximum Gasteiger partial charge on any atom is 0.255 e. The minimum absolute atomic E-state index is 0.0982. The number of fused-ring (bicyclic) bond motifs is 6. The molecule has 2 saturated heterocycles. The third-order valence-electron chi connectivity index (χ3n) is 14.5. The lowest BCUT2D eigenvalue weighted by molar-refractivity contribution is -0.129. The van der Waals surface area contributed by atoms with E-state index in [9.17, 15) is 24.0 Å². The Hall–Kier alpha value is -6.05. The Morgan fingerprint density at radius 3 is 2.64 bits per heavy atom. The molecule has 5 aliphatic rings. The molecule has 0 radical (unpaired) electrons. The third kappa shape index (κ3) is 9.60. The molecule has 3 N–H and O–H groups in total. The van der Waals surface area contributed by atoms with Crippen molar-refractivity contribution in [1.82, 2.24) is 35.3 Å². The van der Waals surface area contributed by atoms with E-state index in [2.05, 4.69) is 61.4 Å². The summed E-state index contributed by atoms with van der Waals surface area (Å²) < 4.78 is 5.72. The van der Waals surface area contributed by atoms with E-state index < -0.39 is 11.9 Å². The van der Waals surface area contributed by atoms with Crippen molar-refractivity contribution < 1.29 is 28.7 Å². The standard InChI is InChI=1S/C50H64N10O6/c1-6-13-39(46(63)52-32-61)59-31-37-33(15-12-16-36(37)47(59)64)14-8-7-9-23-56(3)24-10-11-25-58-26-20-35(21-27-58)53-45(62)34-17-18-38(42(28-34)66-5)54-49-51-30-41-44(55-49)60-40(48(65)57(41)4)29-50(2)22-19-43(50)60/h12,15-18,28,30,32,35,39-40,43H,6-7,9-11,13,19-27,29,31H2,1-5H3,(H,53,62)(H,51,54,55)(H,52,61,63). The number of methoxy groups -OCH3 is 1. The lowest BCUT2D eigenvalue weighted by Gasteiger charge is -2.47. The van der Waals surface area contributed by atoms with E-state index in [1.54, 1.807) is 48.4 Å². The van der Waals surface area contributed by atoms with Crippen molar-refractivity contribution in [1.29, 1.82) is 0 Å². The van der Waals surface area contributed by atoms with E-state index >= 15 is 0 Å². The van der Waals surface area contributed by atoms with Crippen LogP contribution in [0.4, 0.5) is 23.1 Å². The molecule has 3 fully saturated rings. The highest BCUT2D eigenvalue weighted by atomic mass is 16.5. The van der Waals surface area contributed by atoms with Crippen LogP contribution in [0.1, 0.15) is 116 Å². The molecule has 16 heteroatoms. The normalized spacial score (nSPS) is 21.5. The average molecular weight is 901 g/mol. The van der Waals surface area contributed by atoms with Crippen molar-refractivity contribution >= 4 is 53.2 Å². The maximum atomic E-state index is 13.4. The molecule has 66 heavy (non-hydrogen) atoms. The molecule has 1 saturated carbocycles.